The van der Waals surface area contributed by atoms with E-state index in [0.29, 0.717) is 0 Å². The normalized spacial score (nSPS) is 25.5. The van der Waals surface area contributed by atoms with E-state index >= 15 is 0 Å². The van der Waals surface area contributed by atoms with Crippen molar-refractivity contribution >= 4 is 23.5 Å². The van der Waals surface area contributed by atoms with Crippen molar-refractivity contribution in [1.82, 2.24) is 10.0 Å². The summed E-state index contributed by atoms with van der Waals surface area (Å²) in [7, 11) is 0. The summed E-state index contributed by atoms with van der Waals surface area (Å²) in [4.78, 5) is 25.7. The molecule has 0 radical (unpaired) electrons. The number of rotatable bonds is 1. The second-order valence-corrected chi connectivity index (χ2v) is 9.79. The second kappa shape index (κ2) is 6.44. The number of hydrogen-bond donors (Lipinski definition) is 0. The van der Waals surface area contributed by atoms with E-state index in [-0.39, 0.29) is 18.0 Å². The molecule has 6 nitrogen and oxygen atoms in total. The fourth-order valence-electron chi connectivity index (χ4n) is 3.72. The van der Waals surface area contributed by atoms with Crippen molar-refractivity contribution in [3.63, 3.8) is 0 Å². The van der Waals surface area contributed by atoms with Crippen molar-refractivity contribution in [3.05, 3.63) is 22.4 Å². The second-order valence-electron chi connectivity index (χ2n) is 9.01. The molecule has 144 valence electrons. The van der Waals surface area contributed by atoms with Gasteiger partial charge >= 0.3 is 12.2 Å². The van der Waals surface area contributed by atoms with Crippen LogP contribution in [0.25, 0.3) is 0 Å². The van der Waals surface area contributed by atoms with Crippen LogP contribution in [0.1, 0.15) is 65.9 Å². The highest BCUT2D eigenvalue weighted by Gasteiger charge is 2.56. The Morgan fingerprint density at radius 2 is 1.58 bits per heavy atom. The van der Waals surface area contributed by atoms with E-state index in [1.807, 2.05) is 46.9 Å². The molecule has 1 aromatic heterocycles. The maximum Gasteiger partial charge on any atom is 0.429 e. The molecule has 2 bridgehead atoms. The van der Waals surface area contributed by atoms with Crippen LogP contribution < -0.4 is 0 Å². The van der Waals surface area contributed by atoms with Crippen molar-refractivity contribution in [1.29, 1.82) is 0 Å². The van der Waals surface area contributed by atoms with Gasteiger partial charge < -0.3 is 9.47 Å². The quantitative estimate of drug-likeness (QED) is 0.704. The minimum atomic E-state index is -0.629. The smallest absolute Gasteiger partial charge is 0.429 e. The van der Waals surface area contributed by atoms with E-state index < -0.39 is 23.4 Å². The molecule has 3 atom stereocenters. The number of ether oxygens (including phenoxy) is 2. The SMILES string of the molecule is CC(C)(C)OC(=O)N1C2CC(c3ccsc3)C(C2)N1C(=O)OC(C)(C)C. The Kier molecular flexibility index (Phi) is 4.71. The third-order valence-electron chi connectivity index (χ3n) is 4.53. The maximum atomic E-state index is 12.9. The molecule has 3 rings (SSSR count). The highest BCUT2D eigenvalue weighted by molar-refractivity contribution is 7.08. The Bertz CT molecular complexity index is 675. The van der Waals surface area contributed by atoms with Crippen molar-refractivity contribution in [2.45, 2.75) is 83.6 Å². The summed E-state index contributed by atoms with van der Waals surface area (Å²) < 4.78 is 11.1. The molecule has 1 aliphatic heterocycles. The first kappa shape index (κ1) is 19.0. The lowest BCUT2D eigenvalue weighted by Crippen LogP contribution is -2.57. The van der Waals surface area contributed by atoms with Gasteiger partial charge in [0.1, 0.15) is 11.2 Å². The molecule has 1 saturated carbocycles. The fraction of sp³-hybridized carbons (Fsp3) is 0.684. The fourth-order valence-corrected chi connectivity index (χ4v) is 4.44. The summed E-state index contributed by atoms with van der Waals surface area (Å²) in [6.45, 7) is 11.0. The predicted molar refractivity (Wildman–Crippen MR) is 100 cm³/mol. The zero-order valence-electron chi connectivity index (χ0n) is 16.3. The monoisotopic (exact) mass is 380 g/mol. The summed E-state index contributed by atoms with van der Waals surface area (Å²) >= 11 is 1.65. The number of amides is 2. The largest absolute Gasteiger partial charge is 0.442 e. The number of carbonyl (C=O) groups excluding carboxylic acids is 2. The molecule has 2 amide bonds. The molecule has 2 heterocycles. The van der Waals surface area contributed by atoms with Gasteiger partial charge in [-0.2, -0.15) is 11.3 Å². The summed E-state index contributed by atoms with van der Waals surface area (Å²) in [5.74, 6) is 0.220. The van der Waals surface area contributed by atoms with Crippen molar-refractivity contribution < 1.29 is 19.1 Å². The molecular formula is C19H28N2O4S. The highest BCUT2D eigenvalue weighted by Crippen LogP contribution is 2.48. The molecule has 26 heavy (non-hydrogen) atoms. The number of fused-ring (bicyclic) bond motifs is 2. The van der Waals surface area contributed by atoms with Crippen LogP contribution in [-0.2, 0) is 9.47 Å². The first-order valence-electron chi connectivity index (χ1n) is 9.03. The molecular weight excluding hydrogens is 352 g/mol. The van der Waals surface area contributed by atoms with Crippen LogP contribution in [-0.4, -0.2) is 45.5 Å². The number of nitrogens with zero attached hydrogens (tertiary/aromatic N) is 2. The number of thiophene rings is 1. The van der Waals surface area contributed by atoms with Gasteiger partial charge in [-0.25, -0.2) is 19.6 Å². The molecule has 0 spiro atoms. The Morgan fingerprint density at radius 3 is 2.08 bits per heavy atom. The zero-order valence-corrected chi connectivity index (χ0v) is 17.1. The van der Waals surface area contributed by atoms with Gasteiger partial charge in [0.15, 0.2) is 0 Å². The molecule has 3 unspecified atom stereocenters. The molecule has 0 N–H and O–H groups in total. The van der Waals surface area contributed by atoms with Gasteiger partial charge in [-0.15, -0.1) is 0 Å². The van der Waals surface area contributed by atoms with E-state index in [4.69, 9.17) is 9.47 Å². The number of hydrazine groups is 1. The van der Waals surface area contributed by atoms with Crippen LogP contribution in [0.15, 0.2) is 16.8 Å². The van der Waals surface area contributed by atoms with E-state index in [1.54, 1.807) is 11.3 Å². The van der Waals surface area contributed by atoms with Crippen molar-refractivity contribution in [2.75, 3.05) is 0 Å². The van der Waals surface area contributed by atoms with E-state index in [9.17, 15) is 9.59 Å². The van der Waals surface area contributed by atoms with Crippen LogP contribution in [0, 0.1) is 0 Å². The zero-order chi connectivity index (χ0) is 19.3. The minimum Gasteiger partial charge on any atom is -0.442 e. The van der Waals surface area contributed by atoms with Gasteiger partial charge in [0.25, 0.3) is 0 Å². The lowest BCUT2D eigenvalue weighted by Gasteiger charge is -2.41. The van der Waals surface area contributed by atoms with Gasteiger partial charge in [-0.1, -0.05) is 0 Å². The van der Waals surface area contributed by atoms with Gasteiger partial charge in [0.2, 0.25) is 0 Å². The molecule has 1 aliphatic carbocycles. The Labute approximate surface area is 159 Å². The standard InChI is InChI=1S/C19H28N2O4S/c1-18(2,3)24-16(22)20-13-9-14(12-7-8-26-11-12)15(10-13)21(20)17(23)25-19(4,5)6/h7-8,11,13-15H,9-10H2,1-6H3. The molecule has 1 aromatic rings. The van der Waals surface area contributed by atoms with E-state index in [2.05, 4.69) is 11.4 Å². The number of hydrogen-bond acceptors (Lipinski definition) is 5. The van der Waals surface area contributed by atoms with Gasteiger partial charge in [-0.3, -0.25) is 0 Å². The lowest BCUT2D eigenvalue weighted by molar-refractivity contribution is -0.0788. The van der Waals surface area contributed by atoms with Crippen LogP contribution in [0.3, 0.4) is 0 Å². The summed E-state index contributed by atoms with van der Waals surface area (Å²) in [6.07, 6.45) is 0.606. The molecule has 2 fully saturated rings. The predicted octanol–water partition coefficient (Wildman–Crippen LogP) is 4.77. The van der Waals surface area contributed by atoms with E-state index in [1.165, 1.54) is 15.6 Å². The van der Waals surface area contributed by atoms with Crippen molar-refractivity contribution in [2.24, 2.45) is 0 Å². The summed E-state index contributed by atoms with van der Waals surface area (Å²) in [5, 5.41) is 7.14. The highest BCUT2D eigenvalue weighted by atomic mass is 32.1. The average Bonchev–Trinajstić information content (AvgIpc) is 3.17. The first-order valence-corrected chi connectivity index (χ1v) is 9.97. The van der Waals surface area contributed by atoms with Crippen molar-refractivity contribution in [3.8, 4) is 0 Å². The van der Waals surface area contributed by atoms with Gasteiger partial charge in [0, 0.05) is 5.92 Å². The van der Waals surface area contributed by atoms with Gasteiger partial charge in [0.05, 0.1) is 12.1 Å². The Balaban J connectivity index is 1.87. The molecule has 0 aromatic carbocycles. The number of carbonyl (C=O) groups is 2. The minimum absolute atomic E-state index is 0.0488. The lowest BCUT2D eigenvalue weighted by atomic mass is 9.95. The average molecular weight is 381 g/mol. The van der Waals surface area contributed by atoms with Gasteiger partial charge in [-0.05, 0) is 76.8 Å². The third kappa shape index (κ3) is 3.82. The van der Waals surface area contributed by atoms with Crippen LogP contribution >= 0.6 is 11.3 Å². The topological polar surface area (TPSA) is 59.1 Å². The maximum absolute atomic E-state index is 12.9. The Morgan fingerprint density at radius 1 is 1.00 bits per heavy atom. The molecule has 1 saturated heterocycles. The molecule has 7 heteroatoms. The third-order valence-corrected chi connectivity index (χ3v) is 5.23. The summed E-state index contributed by atoms with van der Waals surface area (Å²) in [6, 6.07) is 1.96. The van der Waals surface area contributed by atoms with Crippen LogP contribution in [0.4, 0.5) is 9.59 Å². The molecule has 2 aliphatic rings. The van der Waals surface area contributed by atoms with E-state index in [0.717, 1.165) is 12.8 Å². The summed E-state index contributed by atoms with van der Waals surface area (Å²) in [5.41, 5.74) is -0.0262. The Hall–Kier alpha value is -1.76. The van der Waals surface area contributed by atoms with Crippen LogP contribution in [0.2, 0.25) is 0 Å². The van der Waals surface area contributed by atoms with Crippen LogP contribution in [0.5, 0.6) is 0 Å². The first-order chi connectivity index (χ1) is 12.0.